The first kappa shape index (κ1) is 18.2. The van der Waals surface area contributed by atoms with Gasteiger partial charge < -0.3 is 15.0 Å². The third-order valence-electron chi connectivity index (χ3n) is 5.20. The Labute approximate surface area is 163 Å². The van der Waals surface area contributed by atoms with Gasteiger partial charge in [0.05, 0.1) is 5.56 Å². The Balaban J connectivity index is 1.29. The van der Waals surface area contributed by atoms with E-state index in [1.165, 1.54) is 11.1 Å². The molecule has 0 radical (unpaired) electrons. The molecule has 0 bridgehead atoms. The van der Waals surface area contributed by atoms with Gasteiger partial charge in [0.2, 0.25) is 5.91 Å². The lowest BCUT2D eigenvalue weighted by atomic mass is 10.1. The topological polar surface area (TPSA) is 75.7 Å². The number of benzene rings is 2. The zero-order valence-electron chi connectivity index (χ0n) is 15.6. The number of esters is 1. The van der Waals surface area contributed by atoms with Gasteiger partial charge >= 0.3 is 5.97 Å². The Kier molecular flexibility index (Phi) is 5.10. The minimum absolute atomic E-state index is 0.121. The highest BCUT2D eigenvalue weighted by Gasteiger charge is 2.21. The zero-order chi connectivity index (χ0) is 19.5. The molecule has 0 unspecified atom stereocenters. The lowest BCUT2D eigenvalue weighted by Crippen LogP contribution is -2.23. The first-order valence-corrected chi connectivity index (χ1v) is 9.59. The Morgan fingerprint density at radius 1 is 0.964 bits per heavy atom. The van der Waals surface area contributed by atoms with Gasteiger partial charge in [0.25, 0.3) is 5.91 Å². The third kappa shape index (κ3) is 3.91. The molecule has 6 heteroatoms. The monoisotopic (exact) mass is 378 g/mol. The van der Waals surface area contributed by atoms with Crippen molar-refractivity contribution in [2.45, 2.75) is 32.1 Å². The van der Waals surface area contributed by atoms with Gasteiger partial charge in [-0.1, -0.05) is 6.07 Å². The maximum atomic E-state index is 12.2. The Bertz CT molecular complexity index is 921. The molecular weight excluding hydrogens is 356 g/mol. The second kappa shape index (κ2) is 7.84. The molecule has 2 aromatic carbocycles. The van der Waals surface area contributed by atoms with Crippen molar-refractivity contribution in [3.05, 3.63) is 59.2 Å². The summed E-state index contributed by atoms with van der Waals surface area (Å²) in [5, 5.41) is 2.70. The van der Waals surface area contributed by atoms with E-state index in [4.69, 9.17) is 4.74 Å². The van der Waals surface area contributed by atoms with Gasteiger partial charge in [0.1, 0.15) is 0 Å². The molecule has 6 nitrogen and oxygen atoms in total. The zero-order valence-corrected chi connectivity index (χ0v) is 15.6. The number of carbonyl (C=O) groups is 3. The molecule has 1 fully saturated rings. The number of nitrogens with zero attached hydrogens (tertiary/aromatic N) is 1. The summed E-state index contributed by atoms with van der Waals surface area (Å²) in [6.45, 7) is 0.380. The Morgan fingerprint density at radius 3 is 2.50 bits per heavy atom. The predicted octanol–water partition coefficient (Wildman–Crippen LogP) is 3.10. The van der Waals surface area contributed by atoms with Gasteiger partial charge in [-0.3, -0.25) is 9.59 Å². The lowest BCUT2D eigenvalue weighted by Gasteiger charge is -2.16. The Hall–Kier alpha value is -3.15. The van der Waals surface area contributed by atoms with Gasteiger partial charge in [0, 0.05) is 24.3 Å². The standard InChI is InChI=1S/C22H22N2O4/c25-20(14-28-22(27)17-7-6-15-3-1-4-16(15)13-17)23-18-8-10-19(11-9-18)24-12-2-5-21(24)26/h6-11,13H,1-5,12,14H2,(H,23,25). The molecule has 1 N–H and O–H groups in total. The van der Waals surface area contributed by atoms with E-state index >= 15 is 0 Å². The number of aryl methyl sites for hydroxylation is 2. The second-order valence-electron chi connectivity index (χ2n) is 7.16. The molecule has 1 saturated heterocycles. The molecule has 0 saturated carbocycles. The molecule has 1 aliphatic heterocycles. The van der Waals surface area contributed by atoms with E-state index in [0.717, 1.165) is 37.9 Å². The van der Waals surface area contributed by atoms with E-state index in [1.807, 2.05) is 12.1 Å². The van der Waals surface area contributed by atoms with E-state index in [9.17, 15) is 14.4 Å². The summed E-state index contributed by atoms with van der Waals surface area (Å²) in [5.41, 5.74) is 4.37. The van der Waals surface area contributed by atoms with Crippen molar-refractivity contribution in [1.82, 2.24) is 0 Å². The van der Waals surface area contributed by atoms with Gasteiger partial charge in [-0.15, -0.1) is 0 Å². The number of nitrogens with one attached hydrogen (secondary N) is 1. The normalized spacial score (nSPS) is 15.4. The number of ether oxygens (including phenoxy) is 1. The fourth-order valence-corrected chi connectivity index (χ4v) is 3.76. The summed E-state index contributed by atoms with van der Waals surface area (Å²) < 4.78 is 5.14. The molecule has 0 spiro atoms. The molecule has 0 aromatic heterocycles. The fourth-order valence-electron chi connectivity index (χ4n) is 3.76. The van der Waals surface area contributed by atoms with E-state index in [-0.39, 0.29) is 12.5 Å². The molecular formula is C22H22N2O4. The smallest absolute Gasteiger partial charge is 0.338 e. The summed E-state index contributed by atoms with van der Waals surface area (Å²) in [7, 11) is 0. The Morgan fingerprint density at radius 2 is 1.75 bits per heavy atom. The minimum Gasteiger partial charge on any atom is -0.452 e. The van der Waals surface area contributed by atoms with Crippen molar-refractivity contribution in [2.24, 2.45) is 0 Å². The maximum absolute atomic E-state index is 12.2. The SMILES string of the molecule is O=C(COC(=O)c1ccc2c(c1)CCC2)Nc1ccc(N2CCCC2=O)cc1. The number of carbonyl (C=O) groups excluding carboxylic acids is 3. The number of anilines is 2. The summed E-state index contributed by atoms with van der Waals surface area (Å²) >= 11 is 0. The number of fused-ring (bicyclic) bond motifs is 1. The van der Waals surface area contributed by atoms with Crippen molar-refractivity contribution in [3.63, 3.8) is 0 Å². The van der Waals surface area contributed by atoms with Gasteiger partial charge in [-0.2, -0.15) is 0 Å². The largest absolute Gasteiger partial charge is 0.452 e. The average molecular weight is 378 g/mol. The van der Waals surface area contributed by atoms with Gasteiger partial charge in [0.15, 0.2) is 6.61 Å². The maximum Gasteiger partial charge on any atom is 0.338 e. The van der Waals surface area contributed by atoms with Crippen molar-refractivity contribution in [1.29, 1.82) is 0 Å². The van der Waals surface area contributed by atoms with Crippen molar-refractivity contribution >= 4 is 29.2 Å². The minimum atomic E-state index is -0.493. The molecule has 2 amide bonds. The average Bonchev–Trinajstić information content (AvgIpc) is 3.35. The van der Waals surface area contributed by atoms with Crippen molar-refractivity contribution < 1.29 is 19.1 Å². The number of amides is 2. The van der Waals surface area contributed by atoms with Crippen LogP contribution in [0.2, 0.25) is 0 Å². The van der Waals surface area contributed by atoms with E-state index in [2.05, 4.69) is 5.32 Å². The van der Waals surface area contributed by atoms with Crippen LogP contribution in [-0.2, 0) is 27.2 Å². The van der Waals surface area contributed by atoms with Crippen LogP contribution in [0.3, 0.4) is 0 Å². The molecule has 2 aliphatic rings. The van der Waals surface area contributed by atoms with Crippen LogP contribution in [0.5, 0.6) is 0 Å². The van der Waals surface area contributed by atoms with E-state index in [1.54, 1.807) is 35.2 Å². The number of hydrogen-bond donors (Lipinski definition) is 1. The fraction of sp³-hybridized carbons (Fsp3) is 0.318. The van der Waals surface area contributed by atoms with Crippen LogP contribution in [0.15, 0.2) is 42.5 Å². The van der Waals surface area contributed by atoms with Gasteiger partial charge in [-0.25, -0.2) is 4.79 Å². The lowest BCUT2D eigenvalue weighted by molar-refractivity contribution is -0.119. The highest BCUT2D eigenvalue weighted by atomic mass is 16.5. The predicted molar refractivity (Wildman–Crippen MR) is 105 cm³/mol. The summed E-state index contributed by atoms with van der Waals surface area (Å²) in [6, 6.07) is 12.7. The highest BCUT2D eigenvalue weighted by molar-refractivity contribution is 5.97. The van der Waals surface area contributed by atoms with Crippen molar-refractivity contribution in [3.8, 4) is 0 Å². The first-order valence-electron chi connectivity index (χ1n) is 9.59. The summed E-state index contributed by atoms with van der Waals surface area (Å²) in [4.78, 5) is 37.8. The molecule has 0 atom stereocenters. The van der Waals surface area contributed by atoms with Crippen LogP contribution in [0, 0.1) is 0 Å². The van der Waals surface area contributed by atoms with Crippen molar-refractivity contribution in [2.75, 3.05) is 23.4 Å². The number of rotatable bonds is 5. The molecule has 144 valence electrons. The van der Waals surface area contributed by atoms with E-state index in [0.29, 0.717) is 17.7 Å². The molecule has 2 aromatic rings. The van der Waals surface area contributed by atoms with Crippen LogP contribution < -0.4 is 10.2 Å². The molecule has 28 heavy (non-hydrogen) atoms. The van der Waals surface area contributed by atoms with Crippen LogP contribution >= 0.6 is 0 Å². The van der Waals surface area contributed by atoms with Crippen LogP contribution in [0.1, 0.15) is 40.7 Å². The third-order valence-corrected chi connectivity index (χ3v) is 5.20. The van der Waals surface area contributed by atoms with Gasteiger partial charge in [-0.05, 0) is 73.2 Å². The van der Waals surface area contributed by atoms with Crippen LogP contribution in [0.4, 0.5) is 11.4 Å². The highest BCUT2D eigenvalue weighted by Crippen LogP contribution is 2.24. The first-order chi connectivity index (χ1) is 13.6. The summed E-state index contributed by atoms with van der Waals surface area (Å²) in [5.74, 6) is -0.775. The van der Waals surface area contributed by atoms with E-state index < -0.39 is 11.9 Å². The summed E-state index contributed by atoms with van der Waals surface area (Å²) in [6.07, 6.45) is 4.59. The quantitative estimate of drug-likeness (QED) is 0.811. The number of hydrogen-bond acceptors (Lipinski definition) is 4. The molecule has 1 heterocycles. The second-order valence-corrected chi connectivity index (χ2v) is 7.16. The van der Waals surface area contributed by atoms with Crippen LogP contribution in [0.25, 0.3) is 0 Å². The molecule has 4 rings (SSSR count). The molecule has 1 aliphatic carbocycles. The van der Waals surface area contributed by atoms with Crippen LogP contribution in [-0.4, -0.2) is 30.9 Å².